The van der Waals surface area contributed by atoms with Gasteiger partial charge in [-0.25, -0.2) is 0 Å². The van der Waals surface area contributed by atoms with Crippen LogP contribution in [0, 0.1) is 0 Å². The van der Waals surface area contributed by atoms with E-state index >= 15 is 0 Å². The molecule has 1 fully saturated rings. The van der Waals surface area contributed by atoms with Crippen molar-refractivity contribution >= 4 is 11.7 Å². The van der Waals surface area contributed by atoms with Crippen LogP contribution in [0.2, 0.25) is 0 Å². The van der Waals surface area contributed by atoms with Crippen LogP contribution in [0.4, 0.5) is 0 Å². The van der Waals surface area contributed by atoms with Gasteiger partial charge >= 0.3 is 0 Å². The summed E-state index contributed by atoms with van der Waals surface area (Å²) in [7, 11) is 0. The predicted molar refractivity (Wildman–Crippen MR) is 113 cm³/mol. The Morgan fingerprint density at radius 1 is 0.931 bits per heavy atom. The second-order valence-electron chi connectivity index (χ2n) is 7.80. The molecule has 5 heteroatoms. The number of carbonyl (C=O) groups excluding carboxylic acids is 2. The standard InChI is InChI=1S/C24H28N2O3/c27-23-9-4-6-19-18-20(10-11-22(19)23)24(28)26-13-5-12-25(14-15-26)16-17-29-21-7-2-1-3-8-21/h1-3,7-8,10-11,18H,4-6,9,12-17H2. The second kappa shape index (κ2) is 9.23. The van der Waals surface area contributed by atoms with Crippen LogP contribution < -0.4 is 4.74 Å². The van der Waals surface area contributed by atoms with Crippen LogP contribution in [-0.4, -0.2) is 60.8 Å². The molecule has 0 saturated carbocycles. The van der Waals surface area contributed by atoms with Crippen LogP contribution in [0.5, 0.6) is 5.75 Å². The van der Waals surface area contributed by atoms with Gasteiger partial charge in [0.1, 0.15) is 12.4 Å². The fraction of sp³-hybridized carbons (Fsp3) is 0.417. The highest BCUT2D eigenvalue weighted by Gasteiger charge is 2.23. The van der Waals surface area contributed by atoms with Gasteiger partial charge in [0.25, 0.3) is 5.91 Å². The quantitative estimate of drug-likeness (QED) is 0.782. The maximum atomic E-state index is 13.0. The van der Waals surface area contributed by atoms with Gasteiger partial charge < -0.3 is 9.64 Å². The number of ether oxygens (including phenoxy) is 1. The van der Waals surface area contributed by atoms with Crippen molar-refractivity contribution < 1.29 is 14.3 Å². The first kappa shape index (κ1) is 19.6. The first-order valence-corrected chi connectivity index (χ1v) is 10.6. The lowest BCUT2D eigenvalue weighted by atomic mass is 9.89. The molecule has 29 heavy (non-hydrogen) atoms. The number of fused-ring (bicyclic) bond motifs is 1. The van der Waals surface area contributed by atoms with Crippen molar-refractivity contribution in [2.45, 2.75) is 25.7 Å². The first-order valence-electron chi connectivity index (χ1n) is 10.6. The molecule has 2 aliphatic rings. The zero-order chi connectivity index (χ0) is 20.1. The number of nitrogens with zero attached hydrogens (tertiary/aromatic N) is 2. The summed E-state index contributed by atoms with van der Waals surface area (Å²) >= 11 is 0. The molecule has 1 saturated heterocycles. The highest BCUT2D eigenvalue weighted by molar-refractivity contribution is 6.01. The highest BCUT2D eigenvalue weighted by atomic mass is 16.5. The van der Waals surface area contributed by atoms with Crippen molar-refractivity contribution in [2.75, 3.05) is 39.3 Å². The number of benzene rings is 2. The number of carbonyl (C=O) groups is 2. The van der Waals surface area contributed by atoms with E-state index < -0.39 is 0 Å². The van der Waals surface area contributed by atoms with E-state index in [4.69, 9.17) is 4.74 Å². The molecule has 0 spiro atoms. The first-order chi connectivity index (χ1) is 14.2. The van der Waals surface area contributed by atoms with Crippen LogP contribution >= 0.6 is 0 Å². The number of ketones is 1. The third kappa shape index (κ3) is 4.85. The average molecular weight is 392 g/mol. The minimum atomic E-state index is 0.0770. The second-order valence-corrected chi connectivity index (χ2v) is 7.80. The van der Waals surface area contributed by atoms with Crippen LogP contribution in [0.3, 0.4) is 0 Å². The zero-order valence-electron chi connectivity index (χ0n) is 16.8. The molecule has 0 aromatic heterocycles. The monoisotopic (exact) mass is 392 g/mol. The molecule has 0 radical (unpaired) electrons. The Morgan fingerprint density at radius 2 is 1.79 bits per heavy atom. The molecule has 4 rings (SSSR count). The fourth-order valence-electron chi connectivity index (χ4n) is 4.17. The lowest BCUT2D eigenvalue weighted by Crippen LogP contribution is -2.36. The summed E-state index contributed by atoms with van der Waals surface area (Å²) in [5, 5.41) is 0. The van der Waals surface area contributed by atoms with E-state index in [0.717, 1.165) is 68.9 Å². The Morgan fingerprint density at radius 3 is 2.66 bits per heavy atom. The Hall–Kier alpha value is -2.66. The maximum Gasteiger partial charge on any atom is 0.253 e. The predicted octanol–water partition coefficient (Wildman–Crippen LogP) is 3.43. The third-order valence-electron chi connectivity index (χ3n) is 5.80. The van der Waals surface area contributed by atoms with E-state index in [0.29, 0.717) is 18.6 Å². The third-order valence-corrected chi connectivity index (χ3v) is 5.80. The highest BCUT2D eigenvalue weighted by Crippen LogP contribution is 2.23. The molecule has 1 aliphatic carbocycles. The molecule has 1 heterocycles. The largest absolute Gasteiger partial charge is 0.492 e. The van der Waals surface area contributed by atoms with Crippen molar-refractivity contribution in [1.29, 1.82) is 0 Å². The number of Topliss-reactive ketones (excluding diaryl/α,β-unsaturated/α-hetero) is 1. The minimum Gasteiger partial charge on any atom is -0.492 e. The van der Waals surface area contributed by atoms with Gasteiger partial charge in [0.15, 0.2) is 5.78 Å². The van der Waals surface area contributed by atoms with Gasteiger partial charge in [0, 0.05) is 50.3 Å². The summed E-state index contributed by atoms with van der Waals surface area (Å²) in [6.45, 7) is 4.83. The summed E-state index contributed by atoms with van der Waals surface area (Å²) < 4.78 is 5.80. The van der Waals surface area contributed by atoms with E-state index in [-0.39, 0.29) is 11.7 Å². The molecule has 5 nitrogen and oxygen atoms in total. The van der Waals surface area contributed by atoms with Crippen LogP contribution in [0.15, 0.2) is 48.5 Å². The van der Waals surface area contributed by atoms with E-state index in [2.05, 4.69) is 4.90 Å². The Balaban J connectivity index is 1.31. The number of hydrogen-bond donors (Lipinski definition) is 0. The number of aryl methyl sites for hydroxylation is 1. The number of hydrogen-bond acceptors (Lipinski definition) is 4. The molecule has 152 valence electrons. The molecule has 1 amide bonds. The van der Waals surface area contributed by atoms with E-state index in [9.17, 15) is 9.59 Å². The lowest BCUT2D eigenvalue weighted by molar-refractivity contribution is 0.0760. The Kier molecular flexibility index (Phi) is 6.25. The summed E-state index contributed by atoms with van der Waals surface area (Å²) in [4.78, 5) is 29.4. The van der Waals surface area contributed by atoms with Crippen LogP contribution in [-0.2, 0) is 6.42 Å². The summed E-state index contributed by atoms with van der Waals surface area (Å²) in [6.07, 6.45) is 3.35. The Bertz CT molecular complexity index is 866. The van der Waals surface area contributed by atoms with Crippen molar-refractivity contribution in [3.05, 3.63) is 65.2 Å². The summed E-state index contributed by atoms with van der Waals surface area (Å²) in [5.74, 6) is 1.17. The Labute approximate surface area is 172 Å². The SMILES string of the molecule is O=C1CCCc2cc(C(=O)N3CCCN(CCOc4ccccc4)CC3)ccc21. The van der Waals surface area contributed by atoms with Gasteiger partial charge in [-0.15, -0.1) is 0 Å². The van der Waals surface area contributed by atoms with E-state index in [1.54, 1.807) is 0 Å². The number of rotatable bonds is 5. The lowest BCUT2D eigenvalue weighted by Gasteiger charge is -2.23. The normalized spacial score (nSPS) is 17.5. The minimum absolute atomic E-state index is 0.0770. The molecule has 0 atom stereocenters. The van der Waals surface area contributed by atoms with Gasteiger partial charge in [-0.1, -0.05) is 24.3 Å². The zero-order valence-corrected chi connectivity index (χ0v) is 16.8. The molecule has 1 aliphatic heterocycles. The van der Waals surface area contributed by atoms with Gasteiger partial charge in [0.2, 0.25) is 0 Å². The van der Waals surface area contributed by atoms with E-state index in [1.165, 1.54) is 0 Å². The van der Waals surface area contributed by atoms with Crippen molar-refractivity contribution in [2.24, 2.45) is 0 Å². The summed E-state index contributed by atoms with van der Waals surface area (Å²) in [5.41, 5.74) is 2.54. The average Bonchev–Trinajstić information content (AvgIpc) is 3.00. The molecular formula is C24H28N2O3. The smallest absolute Gasteiger partial charge is 0.253 e. The topological polar surface area (TPSA) is 49.9 Å². The molecule has 2 aromatic rings. The molecule has 0 unspecified atom stereocenters. The van der Waals surface area contributed by atoms with Gasteiger partial charge in [-0.2, -0.15) is 0 Å². The summed E-state index contributed by atoms with van der Waals surface area (Å²) in [6, 6.07) is 15.5. The van der Waals surface area contributed by atoms with Crippen LogP contribution in [0.25, 0.3) is 0 Å². The van der Waals surface area contributed by atoms with Crippen molar-refractivity contribution in [1.82, 2.24) is 9.80 Å². The van der Waals surface area contributed by atoms with Gasteiger partial charge in [-0.05, 0) is 49.1 Å². The van der Waals surface area contributed by atoms with Crippen LogP contribution in [0.1, 0.15) is 45.5 Å². The molecular weight excluding hydrogens is 364 g/mol. The van der Waals surface area contributed by atoms with E-state index in [1.807, 2.05) is 53.4 Å². The van der Waals surface area contributed by atoms with Gasteiger partial charge in [-0.3, -0.25) is 14.5 Å². The van der Waals surface area contributed by atoms with Gasteiger partial charge in [0.05, 0.1) is 0 Å². The molecule has 0 N–H and O–H groups in total. The fourth-order valence-corrected chi connectivity index (χ4v) is 4.17. The van der Waals surface area contributed by atoms with Crippen molar-refractivity contribution in [3.63, 3.8) is 0 Å². The van der Waals surface area contributed by atoms with Crippen molar-refractivity contribution in [3.8, 4) is 5.75 Å². The maximum absolute atomic E-state index is 13.0. The number of para-hydroxylation sites is 1. The molecule has 2 aromatic carbocycles. The molecule has 0 bridgehead atoms. The number of amides is 1.